The predicted octanol–water partition coefficient (Wildman–Crippen LogP) is 12.8. The third kappa shape index (κ3) is 17.8. The normalized spacial score (nSPS) is 11.0. The lowest BCUT2D eigenvalue weighted by Gasteiger charge is -2.11. The first-order valence-corrected chi connectivity index (χ1v) is 13.8. The molecule has 256 valence electrons. The van der Waals surface area contributed by atoms with E-state index in [0.717, 1.165) is 41.8 Å². The Balaban J connectivity index is 0. The highest BCUT2D eigenvalue weighted by Crippen LogP contribution is 2.31. The SMILES string of the molecule is C.C.CC(C)Cc1cc(C(F)(F)F)ccc1F.CC(C)Cc1ccc(F)c(C(F)F)c1.CC(C)Cc1ccc(OC(F)F)cc1. The van der Waals surface area contributed by atoms with Gasteiger partial charge in [-0.2, -0.15) is 22.0 Å². The number of benzene rings is 3. The van der Waals surface area contributed by atoms with Gasteiger partial charge in [0.2, 0.25) is 0 Å². The molecule has 0 heterocycles. The Kier molecular flexibility index (Phi) is 20.3. The fourth-order valence-corrected chi connectivity index (χ4v) is 3.98. The van der Waals surface area contributed by atoms with Gasteiger partial charge in [-0.3, -0.25) is 0 Å². The number of rotatable bonds is 9. The minimum Gasteiger partial charge on any atom is -0.435 e. The van der Waals surface area contributed by atoms with Crippen LogP contribution in [0.5, 0.6) is 5.75 Å². The monoisotopic (exact) mass is 654 g/mol. The third-order valence-corrected chi connectivity index (χ3v) is 5.73. The number of halogens is 9. The second kappa shape index (κ2) is 20.8. The van der Waals surface area contributed by atoms with Crippen LogP contribution in [0.25, 0.3) is 0 Å². The third-order valence-electron chi connectivity index (χ3n) is 5.73. The zero-order valence-corrected chi connectivity index (χ0v) is 25.1. The number of hydrogen-bond donors (Lipinski definition) is 0. The summed E-state index contributed by atoms with van der Waals surface area (Å²) in [6, 6.07) is 13.2. The average Bonchev–Trinajstić information content (AvgIpc) is 2.86. The molecule has 0 fully saturated rings. The van der Waals surface area contributed by atoms with Crippen molar-refractivity contribution in [1.29, 1.82) is 0 Å². The highest BCUT2D eigenvalue weighted by molar-refractivity contribution is 5.28. The van der Waals surface area contributed by atoms with Gasteiger partial charge in [0.1, 0.15) is 17.4 Å². The molecule has 3 aromatic carbocycles. The van der Waals surface area contributed by atoms with Crippen LogP contribution in [-0.4, -0.2) is 6.61 Å². The summed E-state index contributed by atoms with van der Waals surface area (Å²) in [5.41, 5.74) is 0.737. The summed E-state index contributed by atoms with van der Waals surface area (Å²) in [6.07, 6.45) is -5.17. The van der Waals surface area contributed by atoms with E-state index in [-0.39, 0.29) is 32.1 Å². The fraction of sp³-hybridized carbons (Fsp3) is 0.486. The Morgan fingerprint density at radius 2 is 1.07 bits per heavy atom. The maximum absolute atomic E-state index is 13.2. The summed E-state index contributed by atoms with van der Waals surface area (Å²) >= 11 is 0. The standard InChI is InChI=1S/C11H12F4.C11H13F3.C11H14F2O.2CH4/c1-7(2)5-8-6-9(11(13,14)15)3-4-10(8)12;1-7(2)5-8-3-4-10(12)9(6-8)11(13)14;1-8(2)7-9-3-5-10(6-4-9)14-11(12)13;;/h3-4,6-7H,5H2,1-2H3;3-4,6-7,11H,5H2,1-2H3;3-6,8,11H,7H2,1-2H3;2*1H4. The lowest BCUT2D eigenvalue weighted by atomic mass is 10.0. The van der Waals surface area contributed by atoms with E-state index in [1.54, 1.807) is 18.2 Å². The molecule has 0 amide bonds. The predicted molar refractivity (Wildman–Crippen MR) is 165 cm³/mol. The summed E-state index contributed by atoms with van der Waals surface area (Å²) in [7, 11) is 0. The molecule has 0 atom stereocenters. The van der Waals surface area contributed by atoms with Gasteiger partial charge in [-0.1, -0.05) is 74.6 Å². The molecule has 0 aliphatic heterocycles. The van der Waals surface area contributed by atoms with E-state index in [1.807, 2.05) is 39.8 Å². The first-order valence-electron chi connectivity index (χ1n) is 13.8. The summed E-state index contributed by atoms with van der Waals surface area (Å²) in [5, 5.41) is 0. The maximum atomic E-state index is 13.2. The first kappa shape index (κ1) is 44.0. The second-order valence-electron chi connectivity index (χ2n) is 11.3. The average molecular weight is 655 g/mol. The Morgan fingerprint density at radius 1 is 0.600 bits per heavy atom. The lowest BCUT2D eigenvalue weighted by molar-refractivity contribution is -0.137. The highest BCUT2D eigenvalue weighted by Gasteiger charge is 2.31. The van der Waals surface area contributed by atoms with Crippen LogP contribution in [0.3, 0.4) is 0 Å². The Labute approximate surface area is 262 Å². The largest absolute Gasteiger partial charge is 0.435 e. The molecule has 1 nitrogen and oxygen atoms in total. The summed E-state index contributed by atoms with van der Waals surface area (Å²) in [4.78, 5) is 0. The number of ether oxygens (including phenoxy) is 1. The van der Waals surface area contributed by atoms with E-state index in [2.05, 4.69) is 18.6 Å². The van der Waals surface area contributed by atoms with E-state index in [4.69, 9.17) is 0 Å². The van der Waals surface area contributed by atoms with Crippen molar-refractivity contribution in [1.82, 2.24) is 0 Å². The maximum Gasteiger partial charge on any atom is 0.416 e. The van der Waals surface area contributed by atoms with Crippen molar-refractivity contribution in [2.24, 2.45) is 17.8 Å². The molecule has 3 aromatic rings. The van der Waals surface area contributed by atoms with Crippen molar-refractivity contribution >= 4 is 0 Å². The molecule has 3 rings (SSSR count). The minimum atomic E-state index is -4.40. The zero-order valence-electron chi connectivity index (χ0n) is 25.1. The van der Waals surface area contributed by atoms with Crippen molar-refractivity contribution < 1.29 is 44.3 Å². The van der Waals surface area contributed by atoms with Crippen molar-refractivity contribution in [3.8, 4) is 5.75 Å². The number of alkyl halides is 7. The molecule has 0 radical (unpaired) electrons. The summed E-state index contributed by atoms with van der Waals surface area (Å²) < 4.78 is 115. The van der Waals surface area contributed by atoms with Crippen LogP contribution < -0.4 is 4.74 Å². The van der Waals surface area contributed by atoms with Crippen LogP contribution in [0.2, 0.25) is 0 Å². The topological polar surface area (TPSA) is 9.23 Å². The van der Waals surface area contributed by atoms with Gasteiger partial charge in [0.25, 0.3) is 6.43 Å². The molecule has 0 spiro atoms. The van der Waals surface area contributed by atoms with Crippen LogP contribution in [-0.2, 0) is 25.4 Å². The second-order valence-corrected chi connectivity index (χ2v) is 11.3. The molecular weight excluding hydrogens is 607 g/mol. The van der Waals surface area contributed by atoms with E-state index in [0.29, 0.717) is 24.7 Å². The van der Waals surface area contributed by atoms with Crippen molar-refractivity contribution in [2.45, 2.75) is 94.9 Å². The van der Waals surface area contributed by atoms with Crippen LogP contribution in [0.4, 0.5) is 39.5 Å². The molecule has 0 bridgehead atoms. The minimum absolute atomic E-state index is 0. The molecule has 10 heteroatoms. The van der Waals surface area contributed by atoms with E-state index >= 15 is 0 Å². The molecule has 0 aliphatic rings. The highest BCUT2D eigenvalue weighted by atomic mass is 19.4. The van der Waals surface area contributed by atoms with Crippen LogP contribution in [0, 0.1) is 29.4 Å². The molecule has 0 saturated carbocycles. The van der Waals surface area contributed by atoms with Crippen LogP contribution >= 0.6 is 0 Å². The van der Waals surface area contributed by atoms with E-state index < -0.39 is 42.0 Å². The molecule has 0 unspecified atom stereocenters. The Bertz CT molecular complexity index is 1190. The van der Waals surface area contributed by atoms with Gasteiger partial charge in [-0.15, -0.1) is 0 Å². The lowest BCUT2D eigenvalue weighted by Crippen LogP contribution is -2.07. The van der Waals surface area contributed by atoms with Gasteiger partial charge in [0.15, 0.2) is 0 Å². The molecule has 0 N–H and O–H groups in total. The fourth-order valence-electron chi connectivity index (χ4n) is 3.98. The van der Waals surface area contributed by atoms with E-state index in [1.165, 1.54) is 6.07 Å². The summed E-state index contributed by atoms with van der Waals surface area (Å²) in [5.74, 6) is -0.109. The molecule has 0 aliphatic carbocycles. The smallest absolute Gasteiger partial charge is 0.416 e. The zero-order chi connectivity index (χ0) is 32.9. The van der Waals surface area contributed by atoms with Gasteiger partial charge in [0, 0.05) is 0 Å². The van der Waals surface area contributed by atoms with Crippen molar-refractivity contribution in [2.75, 3.05) is 0 Å². The van der Waals surface area contributed by atoms with Gasteiger partial charge in [-0.25, -0.2) is 17.6 Å². The van der Waals surface area contributed by atoms with E-state index in [9.17, 15) is 39.5 Å². The quantitative estimate of drug-likeness (QED) is 0.209. The van der Waals surface area contributed by atoms with Crippen molar-refractivity contribution in [3.05, 3.63) is 100 Å². The van der Waals surface area contributed by atoms with Crippen LogP contribution in [0.15, 0.2) is 60.7 Å². The number of hydrogen-bond acceptors (Lipinski definition) is 1. The van der Waals surface area contributed by atoms with Gasteiger partial charge >= 0.3 is 12.8 Å². The van der Waals surface area contributed by atoms with Gasteiger partial charge in [0.05, 0.1) is 11.1 Å². The van der Waals surface area contributed by atoms with Crippen molar-refractivity contribution in [3.63, 3.8) is 0 Å². The Morgan fingerprint density at radius 3 is 1.51 bits per heavy atom. The molecular formula is C35H47F9O. The Hall–Kier alpha value is -3.17. The van der Waals surface area contributed by atoms with Crippen LogP contribution in [0.1, 0.15) is 90.6 Å². The van der Waals surface area contributed by atoms with Gasteiger partial charge < -0.3 is 4.74 Å². The van der Waals surface area contributed by atoms with Gasteiger partial charge in [-0.05, 0) is 96.2 Å². The first-order chi connectivity index (χ1) is 19.9. The molecule has 0 saturated heterocycles. The molecule has 0 aromatic heterocycles. The summed E-state index contributed by atoms with van der Waals surface area (Å²) in [6.45, 7) is 9.13. The molecule has 45 heavy (non-hydrogen) atoms.